The summed E-state index contributed by atoms with van der Waals surface area (Å²) in [6.45, 7) is 7.32. The van der Waals surface area contributed by atoms with Gasteiger partial charge in [0.2, 0.25) is 0 Å². The van der Waals surface area contributed by atoms with Crippen LogP contribution in [0, 0.1) is 38.8 Å². The molecule has 0 aromatic heterocycles. The molecule has 168 valence electrons. The molecule has 6 rings (SSSR count). The topological polar surface area (TPSA) is 0 Å². The Labute approximate surface area is 214 Å². The molecule has 2 radical (unpaired) electrons. The van der Waals surface area contributed by atoms with Crippen LogP contribution in [0.2, 0.25) is 0 Å². The van der Waals surface area contributed by atoms with Gasteiger partial charge in [0.15, 0.2) is 0 Å². The Kier molecular flexibility index (Phi) is 14.1. The van der Waals surface area contributed by atoms with Gasteiger partial charge in [0.05, 0.1) is 0 Å². The van der Waals surface area contributed by atoms with Gasteiger partial charge < -0.3 is 12.8 Å². The normalized spacial score (nSPS) is 16.2. The van der Waals surface area contributed by atoms with Crippen molar-refractivity contribution < 1.29 is 23.3 Å². The van der Waals surface area contributed by atoms with Crippen LogP contribution in [0.1, 0.15) is 80.0 Å². The molecule has 0 N–H and O–H groups in total. The molecular weight excluding hydrogens is 480 g/mol. The fraction of sp³-hybridized carbons (Fsp3) is 0.400. The van der Waals surface area contributed by atoms with Crippen LogP contribution in [-0.4, -0.2) is 6.88 Å². The average Bonchev–Trinajstić information content (AvgIpc) is 3.63. The second-order valence-electron chi connectivity index (χ2n) is 8.52. The molecule has 0 amide bonds. The third-order valence-electron chi connectivity index (χ3n) is 5.81. The molecule has 32 heavy (non-hydrogen) atoms. The van der Waals surface area contributed by atoms with Gasteiger partial charge >= 0.3 is 30.2 Å². The first-order valence-corrected chi connectivity index (χ1v) is 16.1. The third-order valence-corrected chi connectivity index (χ3v) is 5.81. The molecule has 4 aliphatic carbocycles. The van der Waals surface area contributed by atoms with E-state index in [0.717, 1.165) is 12.8 Å². The van der Waals surface area contributed by atoms with Gasteiger partial charge in [-0.2, -0.15) is 55.5 Å². The number of hydrogen-bond donors (Lipinski definition) is 0. The summed E-state index contributed by atoms with van der Waals surface area (Å²) >= 11 is 1.36. The Hall–Kier alpha value is -0.980. The Morgan fingerprint density at radius 1 is 0.844 bits per heavy atom. The molecule has 2 saturated carbocycles. The standard InChI is InChI=1S/C15H13.2C5H9.C5H5.Si.Zr/c1-10-3-5-14-12(7-10)9-13-8-11(2)4-6-15(13)14;3*1-2-4-5-3-1;;/h3-7H,9H2,1-2H3;2*1H,2-5H2;1-3H,4H2;;/q4*-1;;. The minimum absolute atomic E-state index is 1.01. The van der Waals surface area contributed by atoms with E-state index in [1.54, 1.807) is 0 Å². The Morgan fingerprint density at radius 3 is 1.94 bits per heavy atom. The summed E-state index contributed by atoms with van der Waals surface area (Å²) in [5.74, 6) is 0. The maximum absolute atomic E-state index is 3.45. The van der Waals surface area contributed by atoms with Crippen molar-refractivity contribution in [2.75, 3.05) is 0 Å². The van der Waals surface area contributed by atoms with Gasteiger partial charge in [-0.3, -0.25) is 6.08 Å². The Balaban J connectivity index is 0.000000175. The van der Waals surface area contributed by atoms with Gasteiger partial charge in [0.25, 0.3) is 0 Å². The summed E-state index contributed by atoms with van der Waals surface area (Å²) < 4.78 is 0. The molecule has 0 atom stereocenters. The van der Waals surface area contributed by atoms with Gasteiger partial charge in [-0.15, -0.1) is 17.5 Å². The van der Waals surface area contributed by atoms with E-state index >= 15 is 0 Å². The van der Waals surface area contributed by atoms with E-state index in [-0.39, 0.29) is 0 Å². The second-order valence-corrected chi connectivity index (χ2v) is 8.52. The Morgan fingerprint density at radius 2 is 1.47 bits per heavy atom. The van der Waals surface area contributed by atoms with Crippen LogP contribution in [0.25, 0.3) is 11.1 Å². The molecular formula is C30H36SiZr-4. The second kappa shape index (κ2) is 16.6. The summed E-state index contributed by atoms with van der Waals surface area (Å²) in [5.41, 5.74) is 8.15. The molecule has 0 aliphatic heterocycles. The van der Waals surface area contributed by atoms with Crippen molar-refractivity contribution in [2.45, 2.75) is 78.1 Å². The molecule has 0 bridgehead atoms. The van der Waals surface area contributed by atoms with E-state index in [9.17, 15) is 0 Å². The van der Waals surface area contributed by atoms with Crippen molar-refractivity contribution in [3.63, 3.8) is 0 Å². The van der Waals surface area contributed by atoms with Gasteiger partial charge in [-0.25, -0.2) is 12.2 Å². The number of hydrogen-bond acceptors (Lipinski definition) is 0. The first-order chi connectivity index (χ1) is 15.7. The van der Waals surface area contributed by atoms with E-state index in [4.69, 9.17) is 0 Å². The summed E-state index contributed by atoms with van der Waals surface area (Å²) in [7, 11) is 0. The van der Waals surface area contributed by atoms with E-state index in [1.165, 1.54) is 108 Å². The fourth-order valence-corrected chi connectivity index (χ4v) is 4.15. The maximum atomic E-state index is 3.45. The van der Waals surface area contributed by atoms with Crippen LogP contribution in [0.3, 0.4) is 0 Å². The summed E-state index contributed by atoms with van der Waals surface area (Å²) in [6, 6.07) is 14.5. The molecule has 0 unspecified atom stereocenters. The van der Waals surface area contributed by atoms with Crippen molar-refractivity contribution in [3.05, 3.63) is 95.8 Å². The monoisotopic (exact) mass is 514 g/mol. The molecule has 4 aliphatic rings. The van der Waals surface area contributed by atoms with E-state index < -0.39 is 0 Å². The molecule has 2 fully saturated rings. The van der Waals surface area contributed by atoms with E-state index in [0.29, 0.717) is 0 Å². The summed E-state index contributed by atoms with van der Waals surface area (Å²) in [4.78, 5) is 0. The van der Waals surface area contributed by atoms with Crippen LogP contribution in [0.4, 0.5) is 0 Å². The molecule has 0 saturated heterocycles. The van der Waals surface area contributed by atoms with Crippen molar-refractivity contribution in [1.29, 1.82) is 0 Å². The minimum atomic E-state index is 1.01. The van der Waals surface area contributed by atoms with Crippen molar-refractivity contribution >= 4 is 6.88 Å². The summed E-state index contributed by atoms with van der Waals surface area (Å²) in [6.07, 6.45) is 27.0. The zero-order valence-electron chi connectivity index (χ0n) is 19.8. The van der Waals surface area contributed by atoms with E-state index in [1.807, 2.05) is 12.2 Å². The number of rotatable bonds is 0. The molecule has 2 aromatic rings. The zero-order valence-corrected chi connectivity index (χ0v) is 23.3. The number of aryl methyl sites for hydroxylation is 2. The quantitative estimate of drug-likeness (QED) is 0.209. The zero-order chi connectivity index (χ0) is 23.0. The number of benzene rings is 2. The van der Waals surface area contributed by atoms with E-state index in [2.05, 4.69) is 82.1 Å². The Bertz CT molecular complexity index is 772. The first kappa shape index (κ1) is 27.3. The van der Waals surface area contributed by atoms with Crippen LogP contribution in [-0.2, 0) is 29.8 Å². The summed E-state index contributed by atoms with van der Waals surface area (Å²) in [5, 5.41) is 0. The molecule has 0 nitrogen and oxygen atoms in total. The van der Waals surface area contributed by atoms with Crippen LogP contribution < -0.4 is 0 Å². The predicted octanol–water partition coefficient (Wildman–Crippen LogP) is 8.13. The molecule has 2 heteroatoms. The van der Waals surface area contributed by atoms with Crippen LogP contribution in [0.5, 0.6) is 0 Å². The number of allylic oxidation sites excluding steroid dienone is 4. The van der Waals surface area contributed by atoms with Crippen LogP contribution in [0.15, 0.2) is 48.6 Å². The van der Waals surface area contributed by atoms with Gasteiger partial charge in [0.1, 0.15) is 0 Å². The van der Waals surface area contributed by atoms with Crippen molar-refractivity contribution in [3.8, 4) is 11.1 Å². The SMILES string of the molecule is Cc1[c-]c2c(cc1)-c1ccc(C)cc1C2.[C-]1=CC=CC1.[CH-]1CCCC1.[CH-]1CCCC1.[Si]=[Zr]. The first-order valence-electron chi connectivity index (χ1n) is 12.0. The van der Waals surface area contributed by atoms with Gasteiger partial charge in [0, 0.05) is 0 Å². The number of fused-ring (bicyclic) bond motifs is 3. The van der Waals surface area contributed by atoms with Gasteiger partial charge in [-0.1, -0.05) is 61.9 Å². The van der Waals surface area contributed by atoms with Crippen molar-refractivity contribution in [1.82, 2.24) is 0 Å². The predicted molar refractivity (Wildman–Crippen MR) is 136 cm³/mol. The molecule has 0 heterocycles. The van der Waals surface area contributed by atoms with Crippen LogP contribution >= 0.6 is 0 Å². The third kappa shape index (κ3) is 9.88. The molecule has 2 aromatic carbocycles. The molecule has 0 spiro atoms. The average molecular weight is 516 g/mol. The fourth-order valence-electron chi connectivity index (χ4n) is 4.15. The van der Waals surface area contributed by atoms with Gasteiger partial charge in [-0.05, 0) is 18.9 Å². The van der Waals surface area contributed by atoms with Crippen molar-refractivity contribution in [2.24, 2.45) is 0 Å².